The minimum Gasteiger partial charge on any atom is -0.316 e. The van der Waals surface area contributed by atoms with Crippen LogP contribution < -0.4 is 5.73 Å². The summed E-state index contributed by atoms with van der Waals surface area (Å²) in [5, 5.41) is 0.0443. The van der Waals surface area contributed by atoms with Crippen LogP contribution in [0.15, 0.2) is 18.2 Å². The Labute approximate surface area is 104 Å². The zero-order chi connectivity index (χ0) is 13.4. The Morgan fingerprint density at radius 3 is 2.12 bits per heavy atom. The van der Waals surface area contributed by atoms with Gasteiger partial charge in [-0.2, -0.15) is 13.2 Å². The molecule has 5 heteroatoms. The first-order valence-corrected chi connectivity index (χ1v) is 5.53. The van der Waals surface area contributed by atoms with Gasteiger partial charge in [0.05, 0.1) is 0 Å². The second kappa shape index (κ2) is 4.50. The van der Waals surface area contributed by atoms with Crippen LogP contribution in [0.1, 0.15) is 37.9 Å². The van der Waals surface area contributed by atoms with Gasteiger partial charge in [0.2, 0.25) is 0 Å². The van der Waals surface area contributed by atoms with Gasteiger partial charge in [-0.15, -0.1) is 0 Å². The van der Waals surface area contributed by atoms with E-state index in [2.05, 4.69) is 0 Å². The first kappa shape index (κ1) is 14.3. The van der Waals surface area contributed by atoms with Crippen molar-refractivity contribution in [2.75, 3.05) is 0 Å². The molecule has 0 unspecified atom stereocenters. The van der Waals surface area contributed by atoms with E-state index in [9.17, 15) is 13.2 Å². The number of halogens is 4. The average molecular weight is 266 g/mol. The van der Waals surface area contributed by atoms with Crippen LogP contribution in [0.25, 0.3) is 0 Å². The maximum atomic E-state index is 12.6. The molecule has 0 aliphatic carbocycles. The lowest BCUT2D eigenvalue weighted by atomic mass is 9.85. The highest BCUT2D eigenvalue weighted by Gasteiger charge is 2.39. The van der Waals surface area contributed by atoms with Crippen molar-refractivity contribution < 1.29 is 13.2 Å². The summed E-state index contributed by atoms with van der Waals surface area (Å²) in [5.74, 6) is 0. The van der Waals surface area contributed by atoms with E-state index in [1.165, 1.54) is 12.1 Å². The first-order valence-electron chi connectivity index (χ1n) is 5.15. The van der Waals surface area contributed by atoms with Crippen molar-refractivity contribution in [1.82, 2.24) is 0 Å². The molecule has 0 fully saturated rings. The van der Waals surface area contributed by atoms with Gasteiger partial charge in [0.1, 0.15) is 6.04 Å². The predicted molar refractivity (Wildman–Crippen MR) is 63.1 cm³/mol. The smallest absolute Gasteiger partial charge is 0.316 e. The zero-order valence-corrected chi connectivity index (χ0v) is 10.7. The normalized spacial score (nSPS) is 14.8. The van der Waals surface area contributed by atoms with Crippen LogP contribution in [0.2, 0.25) is 5.02 Å². The van der Waals surface area contributed by atoms with E-state index in [4.69, 9.17) is 17.3 Å². The maximum absolute atomic E-state index is 12.6. The molecule has 17 heavy (non-hydrogen) atoms. The second-order valence-electron chi connectivity index (χ2n) is 5.01. The topological polar surface area (TPSA) is 26.0 Å². The van der Waals surface area contributed by atoms with Crippen molar-refractivity contribution >= 4 is 11.6 Å². The number of nitrogens with two attached hydrogens (primary N) is 1. The summed E-state index contributed by atoms with van der Waals surface area (Å²) in [5.41, 5.74) is 5.63. The van der Waals surface area contributed by atoms with Crippen LogP contribution in [0.5, 0.6) is 0 Å². The molecule has 2 N–H and O–H groups in total. The van der Waals surface area contributed by atoms with Gasteiger partial charge in [-0.3, -0.25) is 0 Å². The van der Waals surface area contributed by atoms with Crippen LogP contribution in [0.4, 0.5) is 13.2 Å². The third-order valence-electron chi connectivity index (χ3n) is 2.55. The van der Waals surface area contributed by atoms with Crippen LogP contribution in [-0.4, -0.2) is 6.18 Å². The molecule has 0 aliphatic heterocycles. The molecule has 0 heterocycles. The van der Waals surface area contributed by atoms with E-state index < -0.39 is 12.2 Å². The fourth-order valence-electron chi connectivity index (χ4n) is 1.42. The van der Waals surface area contributed by atoms with Gasteiger partial charge >= 0.3 is 6.18 Å². The molecule has 0 radical (unpaired) electrons. The van der Waals surface area contributed by atoms with Crippen molar-refractivity contribution in [1.29, 1.82) is 0 Å². The number of benzene rings is 1. The Hall–Kier alpha value is -0.740. The fourth-order valence-corrected chi connectivity index (χ4v) is 1.66. The Morgan fingerprint density at radius 2 is 1.71 bits per heavy atom. The van der Waals surface area contributed by atoms with Crippen LogP contribution in [-0.2, 0) is 5.41 Å². The van der Waals surface area contributed by atoms with Crippen LogP contribution in [0, 0.1) is 0 Å². The Kier molecular flexibility index (Phi) is 3.79. The van der Waals surface area contributed by atoms with E-state index in [0.717, 1.165) is 5.56 Å². The second-order valence-corrected chi connectivity index (χ2v) is 5.41. The standard InChI is InChI=1S/C12H15ClF3N/c1-11(2,3)7-4-5-9(13)8(6-7)10(17)12(14,15)16/h4-6,10H,17H2,1-3H3/t10-/m0/s1. The molecule has 0 aliphatic rings. The molecule has 0 saturated heterocycles. The quantitative estimate of drug-likeness (QED) is 0.809. The van der Waals surface area contributed by atoms with Crippen LogP contribution >= 0.6 is 11.6 Å². The largest absolute Gasteiger partial charge is 0.407 e. The van der Waals surface area contributed by atoms with Gasteiger partial charge in [0.15, 0.2) is 0 Å². The maximum Gasteiger partial charge on any atom is 0.407 e. The fraction of sp³-hybridized carbons (Fsp3) is 0.500. The van der Waals surface area contributed by atoms with Gasteiger partial charge < -0.3 is 5.73 Å². The molecule has 0 bridgehead atoms. The van der Waals surface area contributed by atoms with E-state index >= 15 is 0 Å². The number of alkyl halides is 3. The number of hydrogen-bond donors (Lipinski definition) is 1. The lowest BCUT2D eigenvalue weighted by Crippen LogP contribution is -2.29. The van der Waals surface area contributed by atoms with Crippen molar-refractivity contribution in [3.63, 3.8) is 0 Å². The third-order valence-corrected chi connectivity index (χ3v) is 2.89. The molecule has 96 valence electrons. The summed E-state index contributed by atoms with van der Waals surface area (Å²) in [7, 11) is 0. The molecule has 0 spiro atoms. The zero-order valence-electron chi connectivity index (χ0n) is 9.90. The molecule has 1 rings (SSSR count). The third kappa shape index (κ3) is 3.36. The van der Waals surface area contributed by atoms with E-state index in [1.807, 2.05) is 20.8 Å². The molecule has 1 nitrogen and oxygen atoms in total. The first-order chi connectivity index (χ1) is 7.53. The average Bonchev–Trinajstić information content (AvgIpc) is 2.14. The van der Waals surface area contributed by atoms with E-state index in [-0.39, 0.29) is 16.0 Å². The highest BCUT2D eigenvalue weighted by Crippen LogP contribution is 2.36. The summed E-state index contributed by atoms with van der Waals surface area (Å²) in [4.78, 5) is 0. The molecule has 1 aromatic rings. The molecule has 1 atom stereocenters. The highest BCUT2D eigenvalue weighted by molar-refractivity contribution is 6.31. The molecule has 0 amide bonds. The minimum atomic E-state index is -4.49. The summed E-state index contributed by atoms with van der Waals surface area (Å²) in [6, 6.07) is 2.57. The molecule has 0 saturated carbocycles. The van der Waals surface area contributed by atoms with Gasteiger partial charge in [-0.25, -0.2) is 0 Å². The summed E-state index contributed by atoms with van der Waals surface area (Å²) in [6.45, 7) is 5.75. The van der Waals surface area contributed by atoms with Crippen molar-refractivity contribution in [3.8, 4) is 0 Å². The van der Waals surface area contributed by atoms with Crippen molar-refractivity contribution in [2.45, 2.75) is 38.4 Å². The monoisotopic (exact) mass is 265 g/mol. The molecule has 1 aromatic carbocycles. The van der Waals surface area contributed by atoms with Gasteiger partial charge in [-0.1, -0.05) is 44.5 Å². The van der Waals surface area contributed by atoms with Gasteiger partial charge in [0, 0.05) is 5.02 Å². The van der Waals surface area contributed by atoms with E-state index in [1.54, 1.807) is 6.07 Å². The Morgan fingerprint density at radius 1 is 1.18 bits per heavy atom. The lowest BCUT2D eigenvalue weighted by molar-refractivity contribution is -0.149. The molecule has 0 aromatic heterocycles. The highest BCUT2D eigenvalue weighted by atomic mass is 35.5. The summed E-state index contributed by atoms with van der Waals surface area (Å²) in [6.07, 6.45) is -4.49. The minimum absolute atomic E-state index is 0.0443. The molecular weight excluding hydrogens is 251 g/mol. The summed E-state index contributed by atoms with van der Waals surface area (Å²) >= 11 is 5.77. The number of rotatable bonds is 1. The molecular formula is C12H15ClF3N. The SMILES string of the molecule is CC(C)(C)c1ccc(Cl)c([C@H](N)C(F)(F)F)c1. The Balaban J connectivity index is 3.25. The van der Waals surface area contributed by atoms with Crippen molar-refractivity contribution in [3.05, 3.63) is 34.3 Å². The van der Waals surface area contributed by atoms with Gasteiger partial charge in [-0.05, 0) is 22.6 Å². The lowest BCUT2D eigenvalue weighted by Gasteiger charge is -2.23. The summed E-state index contributed by atoms with van der Waals surface area (Å²) < 4.78 is 37.7. The van der Waals surface area contributed by atoms with Crippen molar-refractivity contribution in [2.24, 2.45) is 5.73 Å². The number of hydrogen-bond acceptors (Lipinski definition) is 1. The van der Waals surface area contributed by atoms with Crippen LogP contribution in [0.3, 0.4) is 0 Å². The van der Waals surface area contributed by atoms with E-state index in [0.29, 0.717) is 0 Å². The van der Waals surface area contributed by atoms with Gasteiger partial charge in [0.25, 0.3) is 0 Å². The predicted octanol–water partition coefficient (Wildman–Crippen LogP) is 4.20. The Bertz CT molecular complexity index is 407.